The van der Waals surface area contributed by atoms with Crippen LogP contribution in [0.5, 0.6) is 5.75 Å². The molecule has 4 amide bonds. The van der Waals surface area contributed by atoms with Gasteiger partial charge in [-0.15, -0.1) is 0 Å². The summed E-state index contributed by atoms with van der Waals surface area (Å²) in [7, 11) is 0. The van der Waals surface area contributed by atoms with Gasteiger partial charge in [0.1, 0.15) is 5.75 Å². The van der Waals surface area contributed by atoms with E-state index in [9.17, 15) is 14.4 Å². The summed E-state index contributed by atoms with van der Waals surface area (Å²) in [5.74, 6) is 0.0869. The number of urea groups is 1. The second-order valence-corrected chi connectivity index (χ2v) is 14.0. The fraction of sp³-hybridized carbons (Fsp3) is 0.514. The molecule has 3 fully saturated rings. The third-order valence-corrected chi connectivity index (χ3v) is 9.86. The molecule has 1 aliphatic carbocycles. The van der Waals surface area contributed by atoms with Crippen LogP contribution in [-0.2, 0) is 16.1 Å². The minimum Gasteiger partial charge on any atom is -0.478 e. The highest BCUT2D eigenvalue weighted by Gasteiger charge is 2.35. The Labute approximate surface area is 288 Å². The quantitative estimate of drug-likeness (QED) is 0.227. The number of likely N-dealkylation sites (tertiary alicyclic amines) is 1. The largest absolute Gasteiger partial charge is 0.478 e. The van der Waals surface area contributed by atoms with Gasteiger partial charge in [0.05, 0.1) is 12.7 Å². The topological polar surface area (TPSA) is 149 Å². The van der Waals surface area contributed by atoms with Gasteiger partial charge in [0.15, 0.2) is 5.60 Å². The van der Waals surface area contributed by atoms with Crippen molar-refractivity contribution in [1.29, 1.82) is 0 Å². The molecule has 6 rings (SSSR count). The fourth-order valence-corrected chi connectivity index (χ4v) is 6.88. The van der Waals surface area contributed by atoms with Crippen LogP contribution in [0.3, 0.4) is 0 Å². The number of H-pyrrole nitrogens is 1. The summed E-state index contributed by atoms with van der Waals surface area (Å²) < 4.78 is 6.19. The van der Waals surface area contributed by atoms with Gasteiger partial charge in [0.25, 0.3) is 5.91 Å². The summed E-state index contributed by atoms with van der Waals surface area (Å²) in [4.78, 5) is 45.6. The minimum absolute atomic E-state index is 0.00840. The molecular weight excluding hydrogens is 620 g/mol. The number of nitrogens with two attached hydrogens (primary N) is 1. The van der Waals surface area contributed by atoms with Crippen molar-refractivity contribution in [3.8, 4) is 16.9 Å². The molecule has 0 spiro atoms. The van der Waals surface area contributed by atoms with Crippen LogP contribution in [0.25, 0.3) is 11.1 Å². The number of rotatable bonds is 12. The maximum absolute atomic E-state index is 13.6. The number of nitrogens with zero attached hydrogens (tertiary/aromatic N) is 4. The van der Waals surface area contributed by atoms with Crippen LogP contribution in [-0.4, -0.2) is 94.3 Å². The molecule has 0 radical (unpaired) electrons. The molecule has 262 valence electrons. The van der Waals surface area contributed by atoms with Gasteiger partial charge < -0.3 is 35.8 Å². The Hall–Kier alpha value is -4.58. The van der Waals surface area contributed by atoms with Gasteiger partial charge in [0, 0.05) is 74.4 Å². The zero-order chi connectivity index (χ0) is 34.4. The first-order valence-corrected chi connectivity index (χ1v) is 17.7. The van der Waals surface area contributed by atoms with E-state index in [-0.39, 0.29) is 42.5 Å². The van der Waals surface area contributed by atoms with E-state index in [1.54, 1.807) is 24.9 Å². The molecule has 12 nitrogen and oxygen atoms in total. The summed E-state index contributed by atoms with van der Waals surface area (Å²) in [6, 6.07) is 16.3. The van der Waals surface area contributed by atoms with Crippen molar-refractivity contribution < 1.29 is 19.1 Å². The number of carbonyl (C=O) groups excluding carboxylic acids is 3. The highest BCUT2D eigenvalue weighted by atomic mass is 16.5. The SMILES string of the molecule is CC(C)(Oc1cccc(N2CCC[C@@H](NC(=O)N(Cc3ccc(-c4cn[nH]c4)cc3)C3CC3)C2)c1)C(=O)NCC(=O)N1CCCC[C@@H]1CN. The van der Waals surface area contributed by atoms with Gasteiger partial charge in [-0.3, -0.25) is 14.7 Å². The lowest BCUT2D eigenvalue weighted by Crippen LogP contribution is -2.53. The molecule has 12 heteroatoms. The zero-order valence-corrected chi connectivity index (χ0v) is 28.7. The van der Waals surface area contributed by atoms with Crippen LogP contribution >= 0.6 is 0 Å². The summed E-state index contributed by atoms with van der Waals surface area (Å²) in [6.45, 7) is 6.53. The average Bonchev–Trinajstić information content (AvgIpc) is 3.81. The molecule has 49 heavy (non-hydrogen) atoms. The first-order chi connectivity index (χ1) is 23.7. The maximum Gasteiger partial charge on any atom is 0.318 e. The van der Waals surface area contributed by atoms with Crippen LogP contribution in [0.15, 0.2) is 60.9 Å². The van der Waals surface area contributed by atoms with Crippen molar-refractivity contribution in [3.63, 3.8) is 0 Å². The van der Waals surface area contributed by atoms with Crippen LogP contribution < -0.4 is 26.0 Å². The summed E-state index contributed by atoms with van der Waals surface area (Å²) >= 11 is 0. The van der Waals surface area contributed by atoms with E-state index in [1.165, 1.54) is 0 Å². The van der Waals surface area contributed by atoms with Gasteiger partial charge in [0.2, 0.25) is 5.91 Å². The molecule has 3 heterocycles. The number of piperidine rings is 2. The van der Waals surface area contributed by atoms with Crippen molar-refractivity contribution in [2.45, 2.75) is 89.1 Å². The Balaban J connectivity index is 1.02. The summed E-state index contributed by atoms with van der Waals surface area (Å²) in [5.41, 5.74) is 8.87. The Morgan fingerprint density at radius 1 is 1.02 bits per heavy atom. The maximum atomic E-state index is 13.6. The molecule has 0 bridgehead atoms. The highest BCUT2D eigenvalue weighted by molar-refractivity contribution is 5.89. The number of aromatic nitrogens is 2. The van der Waals surface area contributed by atoms with Gasteiger partial charge >= 0.3 is 6.03 Å². The molecule has 1 aromatic heterocycles. The summed E-state index contributed by atoms with van der Waals surface area (Å²) in [5, 5.41) is 13.0. The average molecular weight is 671 g/mol. The third-order valence-electron chi connectivity index (χ3n) is 9.86. The number of ether oxygens (including phenoxy) is 1. The van der Waals surface area contributed by atoms with Gasteiger partial charge in [-0.25, -0.2) is 4.79 Å². The van der Waals surface area contributed by atoms with E-state index in [2.05, 4.69) is 50.0 Å². The van der Waals surface area contributed by atoms with E-state index >= 15 is 0 Å². The first-order valence-electron chi connectivity index (χ1n) is 17.7. The van der Waals surface area contributed by atoms with Crippen molar-refractivity contribution in [1.82, 2.24) is 30.6 Å². The standard InChI is InChI=1S/C37H50N8O4/c1-37(2,35(47)39-23-34(46)44-18-4-3-8-32(44)20-38)49-33-10-5-9-31(19-33)43-17-6-7-29(25-43)42-36(48)45(30-15-16-30)24-26-11-13-27(14-12-26)28-21-40-41-22-28/h5,9-14,19,21-22,29-30,32H,3-4,6-8,15-18,20,23-25,38H2,1-2H3,(H,39,47)(H,40,41)(H,42,48)/t29-,32-/m1/s1. The fourth-order valence-electron chi connectivity index (χ4n) is 6.88. The van der Waals surface area contributed by atoms with E-state index in [1.807, 2.05) is 35.4 Å². The number of hydrogen-bond donors (Lipinski definition) is 4. The smallest absolute Gasteiger partial charge is 0.318 e. The molecule has 2 aliphatic heterocycles. The highest BCUT2D eigenvalue weighted by Crippen LogP contribution is 2.30. The predicted octanol–water partition coefficient (Wildman–Crippen LogP) is 4.03. The molecule has 2 saturated heterocycles. The number of carbonyl (C=O) groups is 3. The van der Waals surface area contributed by atoms with Gasteiger partial charge in [-0.2, -0.15) is 5.10 Å². The monoisotopic (exact) mass is 670 g/mol. The van der Waals surface area contributed by atoms with Crippen molar-refractivity contribution >= 4 is 23.5 Å². The minimum atomic E-state index is -1.20. The lowest BCUT2D eigenvalue weighted by atomic mass is 10.0. The Morgan fingerprint density at radius 3 is 2.57 bits per heavy atom. The Kier molecular flexibility index (Phi) is 10.7. The van der Waals surface area contributed by atoms with Crippen LogP contribution in [0, 0.1) is 0 Å². The second-order valence-electron chi connectivity index (χ2n) is 14.0. The molecule has 2 aromatic carbocycles. The number of nitrogens with one attached hydrogen (secondary N) is 3. The van der Waals surface area contributed by atoms with Gasteiger partial charge in [-0.1, -0.05) is 30.3 Å². The van der Waals surface area contributed by atoms with E-state index < -0.39 is 5.60 Å². The lowest BCUT2D eigenvalue weighted by Gasteiger charge is -2.36. The van der Waals surface area contributed by atoms with E-state index in [0.717, 1.165) is 73.9 Å². The normalized spacial score (nSPS) is 19.7. The second kappa shape index (κ2) is 15.3. The molecule has 5 N–H and O–H groups in total. The number of hydrogen-bond acceptors (Lipinski definition) is 7. The van der Waals surface area contributed by atoms with Crippen LogP contribution in [0.4, 0.5) is 10.5 Å². The number of aromatic amines is 1. The Bertz CT molecular complexity index is 1570. The van der Waals surface area contributed by atoms with Crippen molar-refractivity contribution in [2.24, 2.45) is 5.73 Å². The van der Waals surface area contributed by atoms with Gasteiger partial charge in [-0.05, 0) is 82.1 Å². The molecule has 2 atom stereocenters. The molecule has 1 saturated carbocycles. The number of amides is 4. The lowest BCUT2D eigenvalue weighted by molar-refractivity contribution is -0.139. The number of benzene rings is 2. The molecule has 3 aliphatic rings. The van der Waals surface area contributed by atoms with E-state index in [4.69, 9.17) is 10.5 Å². The van der Waals surface area contributed by atoms with Crippen molar-refractivity contribution in [2.75, 3.05) is 37.6 Å². The van der Waals surface area contributed by atoms with Crippen LogP contribution in [0.1, 0.15) is 64.4 Å². The molecule has 0 unspecified atom stereocenters. The summed E-state index contributed by atoms with van der Waals surface area (Å²) in [6.07, 6.45) is 10.5. The first kappa shape index (κ1) is 34.3. The van der Waals surface area contributed by atoms with Crippen LogP contribution in [0.2, 0.25) is 0 Å². The van der Waals surface area contributed by atoms with Crippen molar-refractivity contribution in [3.05, 3.63) is 66.5 Å². The van der Waals surface area contributed by atoms with E-state index in [0.29, 0.717) is 31.9 Å². The molecule has 3 aromatic rings. The number of anilines is 1. The molecular formula is C37H50N8O4. The predicted molar refractivity (Wildman–Crippen MR) is 189 cm³/mol. The third kappa shape index (κ3) is 8.72. The Morgan fingerprint density at radius 2 is 1.84 bits per heavy atom. The zero-order valence-electron chi connectivity index (χ0n) is 28.7.